The molecule has 1 N–H and O–H groups in total. The number of hydrogen-bond donors (Lipinski definition) is 1. The van der Waals surface area contributed by atoms with Gasteiger partial charge in [0.2, 0.25) is 0 Å². The summed E-state index contributed by atoms with van der Waals surface area (Å²) in [7, 11) is 0. The molecule has 1 rings (SSSR count). The van der Waals surface area contributed by atoms with E-state index in [4.69, 9.17) is 9.47 Å². The van der Waals surface area contributed by atoms with Crippen molar-refractivity contribution in [3.63, 3.8) is 0 Å². The quantitative estimate of drug-likeness (QED) is 0.0372. The van der Waals surface area contributed by atoms with Crippen molar-refractivity contribution in [2.45, 2.75) is 264 Å². The van der Waals surface area contributed by atoms with E-state index in [1.165, 1.54) is 173 Å². The van der Waals surface area contributed by atoms with Gasteiger partial charge in [0, 0.05) is 38.5 Å². The lowest BCUT2D eigenvalue weighted by Gasteiger charge is -2.33. The molecular formula is C52H102N2O5. The zero-order valence-corrected chi connectivity index (χ0v) is 39.9. The molecule has 350 valence electrons. The Morgan fingerprint density at radius 2 is 0.932 bits per heavy atom. The number of carbonyl (C=O) groups excluding carboxylic acids is 2. The summed E-state index contributed by atoms with van der Waals surface area (Å²) in [5.41, 5.74) is 0. The van der Waals surface area contributed by atoms with E-state index in [0.29, 0.717) is 38.0 Å². The van der Waals surface area contributed by atoms with Gasteiger partial charge in [0.1, 0.15) is 0 Å². The largest absolute Gasteiger partial charge is 0.466 e. The van der Waals surface area contributed by atoms with Crippen molar-refractivity contribution in [2.75, 3.05) is 52.5 Å². The van der Waals surface area contributed by atoms with Gasteiger partial charge in [0.25, 0.3) is 0 Å². The van der Waals surface area contributed by atoms with Gasteiger partial charge in [-0.05, 0) is 76.8 Å². The van der Waals surface area contributed by atoms with E-state index in [2.05, 4.69) is 30.6 Å². The Balaban J connectivity index is 2.46. The van der Waals surface area contributed by atoms with Gasteiger partial charge in [-0.25, -0.2) is 0 Å². The number of aliphatic hydroxyl groups is 1. The molecule has 1 fully saturated rings. The predicted octanol–water partition coefficient (Wildman–Crippen LogP) is 14.2. The van der Waals surface area contributed by atoms with E-state index in [9.17, 15) is 14.7 Å². The van der Waals surface area contributed by atoms with Gasteiger partial charge in [-0.15, -0.1) is 0 Å². The summed E-state index contributed by atoms with van der Waals surface area (Å²) < 4.78 is 11.5. The number of unbranched alkanes of at least 4 members (excludes halogenated alkanes) is 22. The molecule has 7 heteroatoms. The van der Waals surface area contributed by atoms with Crippen LogP contribution in [-0.4, -0.2) is 85.4 Å². The molecule has 0 bridgehead atoms. The first-order chi connectivity index (χ1) is 29.0. The van der Waals surface area contributed by atoms with E-state index in [1.54, 1.807) is 0 Å². The SMILES string of the molecule is CCCCCCCCCCCOC(=O)CCCCCN(CCCCCC(=O)OCC(CCCCCCCC)CCCCCCCC)CCN(CCO)C1CCCCCC1. The maximum Gasteiger partial charge on any atom is 0.305 e. The molecule has 7 nitrogen and oxygen atoms in total. The Morgan fingerprint density at radius 1 is 0.492 bits per heavy atom. The summed E-state index contributed by atoms with van der Waals surface area (Å²) in [5.74, 6) is 0.477. The van der Waals surface area contributed by atoms with Gasteiger partial charge >= 0.3 is 11.9 Å². The van der Waals surface area contributed by atoms with Gasteiger partial charge in [0.05, 0.1) is 19.8 Å². The van der Waals surface area contributed by atoms with E-state index < -0.39 is 0 Å². The lowest BCUT2D eigenvalue weighted by atomic mass is 9.94. The van der Waals surface area contributed by atoms with Gasteiger partial charge in [0.15, 0.2) is 0 Å². The van der Waals surface area contributed by atoms with Crippen molar-refractivity contribution >= 4 is 11.9 Å². The molecule has 1 saturated carbocycles. The summed E-state index contributed by atoms with van der Waals surface area (Å²) in [6.07, 6.45) is 44.6. The molecule has 0 aromatic rings. The number of hydrogen-bond acceptors (Lipinski definition) is 7. The normalized spacial score (nSPS) is 13.8. The molecule has 0 heterocycles. The Hall–Kier alpha value is -1.18. The molecule has 0 aromatic carbocycles. The maximum atomic E-state index is 12.9. The van der Waals surface area contributed by atoms with Crippen LogP contribution < -0.4 is 0 Å². The van der Waals surface area contributed by atoms with Crippen LogP contribution in [-0.2, 0) is 19.1 Å². The molecule has 1 aliphatic rings. The molecule has 0 atom stereocenters. The summed E-state index contributed by atoms with van der Waals surface area (Å²) in [6, 6.07) is 0.593. The molecule has 0 radical (unpaired) electrons. The number of ether oxygens (including phenoxy) is 2. The van der Waals surface area contributed by atoms with Crippen LogP contribution in [0.15, 0.2) is 0 Å². The second kappa shape index (κ2) is 43.5. The second-order valence-electron chi connectivity index (χ2n) is 18.6. The highest BCUT2D eigenvalue weighted by Gasteiger charge is 2.21. The molecule has 59 heavy (non-hydrogen) atoms. The smallest absolute Gasteiger partial charge is 0.305 e. The number of aliphatic hydroxyl groups excluding tert-OH is 1. The highest BCUT2D eigenvalue weighted by Crippen LogP contribution is 2.23. The van der Waals surface area contributed by atoms with Crippen LogP contribution in [0.1, 0.15) is 258 Å². The van der Waals surface area contributed by atoms with Crippen LogP contribution in [0.4, 0.5) is 0 Å². The first-order valence-electron chi connectivity index (χ1n) is 26.4. The number of esters is 2. The summed E-state index contributed by atoms with van der Waals surface area (Å²) in [5, 5.41) is 9.92. The fourth-order valence-electron chi connectivity index (χ4n) is 9.09. The minimum atomic E-state index is -0.0332. The van der Waals surface area contributed by atoms with Gasteiger partial charge in [-0.1, -0.05) is 188 Å². The fraction of sp³-hybridized carbons (Fsp3) is 0.962. The van der Waals surface area contributed by atoms with Gasteiger partial charge in [-0.2, -0.15) is 0 Å². The topological polar surface area (TPSA) is 79.3 Å². The average Bonchev–Trinajstić information content (AvgIpc) is 3.53. The Morgan fingerprint density at radius 3 is 1.42 bits per heavy atom. The van der Waals surface area contributed by atoms with Crippen LogP contribution in [0.2, 0.25) is 0 Å². The zero-order chi connectivity index (χ0) is 42.7. The molecule has 1 aliphatic carbocycles. The molecule has 0 unspecified atom stereocenters. The number of rotatable bonds is 44. The van der Waals surface area contributed by atoms with Crippen LogP contribution in [0, 0.1) is 5.92 Å². The van der Waals surface area contributed by atoms with E-state index in [1.807, 2.05) is 0 Å². The first-order valence-corrected chi connectivity index (χ1v) is 26.4. The standard InChI is InChI=1S/C52H102N2O5/c1-4-7-10-13-16-17-18-23-34-47-58-51(56)39-30-24-32-41-53(43-44-54(45-46-55)50-37-28-21-22-29-38-50)42-33-25-31-40-52(57)59-48-49(35-26-19-14-11-8-5-2)36-27-20-15-12-9-6-3/h49-50,55H,4-48H2,1-3H3. The van der Waals surface area contributed by atoms with Crippen molar-refractivity contribution < 1.29 is 24.2 Å². The number of carbonyl (C=O) groups is 2. The van der Waals surface area contributed by atoms with E-state index in [-0.39, 0.29) is 18.5 Å². The molecule has 0 saturated heterocycles. The van der Waals surface area contributed by atoms with Crippen molar-refractivity contribution in [2.24, 2.45) is 5.92 Å². The lowest BCUT2D eigenvalue weighted by Crippen LogP contribution is -2.43. The maximum absolute atomic E-state index is 12.9. The van der Waals surface area contributed by atoms with Crippen molar-refractivity contribution in [1.29, 1.82) is 0 Å². The molecule has 0 spiro atoms. The third kappa shape index (κ3) is 36.1. The second-order valence-corrected chi connectivity index (χ2v) is 18.6. The van der Waals surface area contributed by atoms with Crippen LogP contribution in [0.25, 0.3) is 0 Å². The monoisotopic (exact) mass is 835 g/mol. The highest BCUT2D eigenvalue weighted by molar-refractivity contribution is 5.69. The Bertz CT molecular complexity index is 878. The Kier molecular flexibility index (Phi) is 41.1. The fourth-order valence-corrected chi connectivity index (χ4v) is 9.09. The predicted molar refractivity (Wildman–Crippen MR) is 252 cm³/mol. The highest BCUT2D eigenvalue weighted by atomic mass is 16.5. The minimum Gasteiger partial charge on any atom is -0.466 e. The summed E-state index contributed by atoms with van der Waals surface area (Å²) >= 11 is 0. The number of nitrogens with zero attached hydrogens (tertiary/aromatic N) is 2. The van der Waals surface area contributed by atoms with Crippen molar-refractivity contribution in [1.82, 2.24) is 9.80 Å². The molecule has 0 amide bonds. The van der Waals surface area contributed by atoms with Crippen LogP contribution in [0.3, 0.4) is 0 Å². The zero-order valence-electron chi connectivity index (χ0n) is 39.9. The van der Waals surface area contributed by atoms with Gasteiger partial charge < -0.3 is 19.5 Å². The molecule has 0 aromatic heterocycles. The molecule has 0 aliphatic heterocycles. The Labute approximate surface area is 367 Å². The van der Waals surface area contributed by atoms with Crippen LogP contribution in [0.5, 0.6) is 0 Å². The average molecular weight is 835 g/mol. The first kappa shape index (κ1) is 55.8. The summed E-state index contributed by atoms with van der Waals surface area (Å²) in [6.45, 7) is 13.1. The molecular weight excluding hydrogens is 733 g/mol. The third-order valence-electron chi connectivity index (χ3n) is 13.1. The van der Waals surface area contributed by atoms with Crippen LogP contribution >= 0.6 is 0 Å². The summed E-state index contributed by atoms with van der Waals surface area (Å²) in [4.78, 5) is 30.4. The lowest BCUT2D eigenvalue weighted by molar-refractivity contribution is -0.145. The van der Waals surface area contributed by atoms with E-state index in [0.717, 1.165) is 84.1 Å². The third-order valence-corrected chi connectivity index (χ3v) is 13.1. The van der Waals surface area contributed by atoms with Crippen molar-refractivity contribution in [3.8, 4) is 0 Å². The van der Waals surface area contributed by atoms with Crippen molar-refractivity contribution in [3.05, 3.63) is 0 Å². The van der Waals surface area contributed by atoms with E-state index >= 15 is 0 Å². The van der Waals surface area contributed by atoms with Gasteiger partial charge in [-0.3, -0.25) is 14.5 Å². The minimum absolute atomic E-state index is 0.00696.